The Bertz CT molecular complexity index is 550. The molecule has 0 atom stereocenters. The number of carboxylic acid groups (broad SMARTS) is 1. The number of oxazole rings is 1. The molecule has 6 nitrogen and oxygen atoms in total. The summed E-state index contributed by atoms with van der Waals surface area (Å²) >= 11 is 0. The van der Waals surface area contributed by atoms with Crippen molar-refractivity contribution in [3.05, 3.63) is 23.8 Å². The van der Waals surface area contributed by atoms with Crippen LogP contribution in [-0.2, 0) is 0 Å². The highest BCUT2D eigenvalue weighted by Gasteiger charge is 2.09. The van der Waals surface area contributed by atoms with Gasteiger partial charge >= 0.3 is 5.97 Å². The van der Waals surface area contributed by atoms with E-state index in [1.54, 1.807) is 6.07 Å². The number of carbonyl (C=O) groups is 1. The lowest BCUT2D eigenvalue weighted by Gasteiger charge is -1.99. The smallest absolute Gasteiger partial charge is 0.335 e. The molecule has 0 aliphatic heterocycles. The molecule has 0 bridgehead atoms. The Balaban J connectivity index is 2.09. The van der Waals surface area contributed by atoms with E-state index in [9.17, 15) is 4.79 Å². The molecule has 0 spiro atoms. The van der Waals surface area contributed by atoms with Gasteiger partial charge in [-0.15, -0.1) is 0 Å². The molecule has 1 aromatic heterocycles. The SMILES string of the molecule is CNCCCNc1nc2ccc(C(=O)O)cc2o1. The van der Waals surface area contributed by atoms with E-state index in [1.165, 1.54) is 12.1 Å². The first-order valence-corrected chi connectivity index (χ1v) is 5.73. The van der Waals surface area contributed by atoms with Crippen LogP contribution in [0.1, 0.15) is 16.8 Å². The van der Waals surface area contributed by atoms with Crippen LogP contribution in [0.15, 0.2) is 22.6 Å². The Hall–Kier alpha value is -2.08. The Kier molecular flexibility index (Phi) is 3.78. The normalized spacial score (nSPS) is 10.7. The summed E-state index contributed by atoms with van der Waals surface area (Å²) in [5, 5.41) is 15.0. The molecule has 0 saturated carbocycles. The number of nitrogens with zero attached hydrogens (tertiary/aromatic N) is 1. The number of rotatable bonds is 6. The first-order chi connectivity index (χ1) is 8.70. The molecule has 0 aliphatic rings. The van der Waals surface area contributed by atoms with Crippen LogP contribution >= 0.6 is 0 Å². The van der Waals surface area contributed by atoms with Crippen molar-refractivity contribution in [3.8, 4) is 0 Å². The van der Waals surface area contributed by atoms with E-state index in [2.05, 4.69) is 15.6 Å². The lowest BCUT2D eigenvalue weighted by atomic mass is 10.2. The maximum atomic E-state index is 10.8. The van der Waals surface area contributed by atoms with Crippen LogP contribution in [0.2, 0.25) is 0 Å². The number of hydrogen-bond donors (Lipinski definition) is 3. The quantitative estimate of drug-likeness (QED) is 0.673. The van der Waals surface area contributed by atoms with E-state index < -0.39 is 5.97 Å². The summed E-state index contributed by atoms with van der Waals surface area (Å²) in [6, 6.07) is 5.05. The van der Waals surface area contributed by atoms with Crippen molar-refractivity contribution in [3.63, 3.8) is 0 Å². The number of aromatic carboxylic acids is 1. The molecule has 0 fully saturated rings. The van der Waals surface area contributed by atoms with E-state index in [0.29, 0.717) is 17.1 Å². The van der Waals surface area contributed by atoms with Crippen LogP contribution in [0.5, 0.6) is 0 Å². The number of hydrogen-bond acceptors (Lipinski definition) is 5. The van der Waals surface area contributed by atoms with Gasteiger partial charge in [-0.2, -0.15) is 4.98 Å². The van der Waals surface area contributed by atoms with Crippen molar-refractivity contribution in [2.24, 2.45) is 0 Å². The Morgan fingerprint density at radius 2 is 2.28 bits per heavy atom. The van der Waals surface area contributed by atoms with Crippen LogP contribution in [0.4, 0.5) is 6.01 Å². The molecule has 96 valence electrons. The standard InChI is InChI=1S/C12H15N3O3/c1-13-5-2-6-14-12-15-9-4-3-8(11(16)17)7-10(9)18-12/h3-4,7,13H,2,5-6H2,1H3,(H,14,15)(H,16,17). The number of nitrogens with one attached hydrogen (secondary N) is 2. The summed E-state index contributed by atoms with van der Waals surface area (Å²) in [4.78, 5) is 15.0. The summed E-state index contributed by atoms with van der Waals surface area (Å²) in [5.74, 6) is -0.975. The second-order valence-electron chi connectivity index (χ2n) is 3.89. The molecule has 1 heterocycles. The average molecular weight is 249 g/mol. The Morgan fingerprint density at radius 1 is 1.44 bits per heavy atom. The molecule has 18 heavy (non-hydrogen) atoms. The number of anilines is 1. The van der Waals surface area contributed by atoms with Gasteiger partial charge in [0.05, 0.1) is 5.56 Å². The molecule has 0 amide bonds. The fraction of sp³-hybridized carbons (Fsp3) is 0.333. The summed E-state index contributed by atoms with van der Waals surface area (Å²) in [6.07, 6.45) is 0.954. The second kappa shape index (κ2) is 5.50. The fourth-order valence-corrected chi connectivity index (χ4v) is 1.59. The van der Waals surface area contributed by atoms with E-state index in [-0.39, 0.29) is 5.56 Å². The van der Waals surface area contributed by atoms with Gasteiger partial charge in [0, 0.05) is 6.54 Å². The molecule has 2 aromatic rings. The van der Waals surface area contributed by atoms with Crippen molar-refractivity contribution in [2.75, 3.05) is 25.5 Å². The molecular weight excluding hydrogens is 234 g/mol. The fourth-order valence-electron chi connectivity index (χ4n) is 1.59. The zero-order chi connectivity index (χ0) is 13.0. The van der Waals surface area contributed by atoms with Crippen molar-refractivity contribution in [1.82, 2.24) is 10.3 Å². The van der Waals surface area contributed by atoms with Gasteiger partial charge < -0.3 is 20.2 Å². The van der Waals surface area contributed by atoms with E-state index in [4.69, 9.17) is 9.52 Å². The minimum atomic E-state index is -0.975. The Morgan fingerprint density at radius 3 is 3.00 bits per heavy atom. The van der Waals surface area contributed by atoms with Crippen molar-refractivity contribution in [2.45, 2.75) is 6.42 Å². The molecule has 6 heteroatoms. The second-order valence-corrected chi connectivity index (χ2v) is 3.89. The van der Waals surface area contributed by atoms with Crippen LogP contribution in [-0.4, -0.2) is 36.2 Å². The van der Waals surface area contributed by atoms with Crippen LogP contribution in [0.3, 0.4) is 0 Å². The van der Waals surface area contributed by atoms with Gasteiger partial charge in [-0.1, -0.05) is 0 Å². The third-order valence-corrected chi connectivity index (χ3v) is 2.52. The zero-order valence-corrected chi connectivity index (χ0v) is 10.1. The minimum absolute atomic E-state index is 0.195. The van der Waals surface area contributed by atoms with Gasteiger partial charge in [0.2, 0.25) is 0 Å². The Labute approximate surface area is 104 Å². The first kappa shape index (κ1) is 12.4. The lowest BCUT2D eigenvalue weighted by Crippen LogP contribution is -2.12. The van der Waals surface area contributed by atoms with Gasteiger partial charge in [0.25, 0.3) is 6.01 Å². The highest BCUT2D eigenvalue weighted by molar-refractivity contribution is 5.92. The topological polar surface area (TPSA) is 87.4 Å². The first-order valence-electron chi connectivity index (χ1n) is 5.73. The van der Waals surface area contributed by atoms with Gasteiger partial charge in [0.1, 0.15) is 5.52 Å². The molecule has 2 rings (SSSR count). The van der Waals surface area contributed by atoms with Crippen LogP contribution in [0.25, 0.3) is 11.1 Å². The molecule has 0 unspecified atom stereocenters. The maximum absolute atomic E-state index is 10.8. The van der Waals surface area contributed by atoms with Gasteiger partial charge in [-0.05, 0) is 38.2 Å². The van der Waals surface area contributed by atoms with Gasteiger partial charge in [-0.25, -0.2) is 4.79 Å². The summed E-state index contributed by atoms with van der Waals surface area (Å²) < 4.78 is 5.43. The molecule has 0 aliphatic carbocycles. The van der Waals surface area contributed by atoms with Crippen molar-refractivity contribution < 1.29 is 14.3 Å². The molecule has 0 radical (unpaired) electrons. The largest absolute Gasteiger partial charge is 0.478 e. The van der Waals surface area contributed by atoms with E-state index in [1.807, 2.05) is 7.05 Å². The average Bonchev–Trinajstić information content (AvgIpc) is 2.76. The number of aromatic nitrogens is 1. The number of fused-ring (bicyclic) bond motifs is 1. The summed E-state index contributed by atoms with van der Waals surface area (Å²) in [5.41, 5.74) is 1.32. The molecule has 3 N–H and O–H groups in total. The monoisotopic (exact) mass is 249 g/mol. The zero-order valence-electron chi connectivity index (χ0n) is 10.1. The number of benzene rings is 1. The third kappa shape index (κ3) is 2.78. The van der Waals surface area contributed by atoms with E-state index >= 15 is 0 Å². The third-order valence-electron chi connectivity index (χ3n) is 2.52. The van der Waals surface area contributed by atoms with Crippen molar-refractivity contribution >= 4 is 23.1 Å². The summed E-state index contributed by atoms with van der Waals surface area (Å²) in [7, 11) is 1.90. The predicted octanol–water partition coefficient (Wildman–Crippen LogP) is 1.55. The predicted molar refractivity (Wildman–Crippen MR) is 68.0 cm³/mol. The lowest BCUT2D eigenvalue weighted by molar-refractivity contribution is 0.0697. The number of carboxylic acids is 1. The molecule has 0 saturated heterocycles. The molecular formula is C12H15N3O3. The van der Waals surface area contributed by atoms with Crippen LogP contribution < -0.4 is 10.6 Å². The summed E-state index contributed by atoms with van der Waals surface area (Å²) in [6.45, 7) is 1.66. The maximum Gasteiger partial charge on any atom is 0.335 e. The van der Waals surface area contributed by atoms with Crippen molar-refractivity contribution in [1.29, 1.82) is 0 Å². The highest BCUT2D eigenvalue weighted by atomic mass is 16.4. The van der Waals surface area contributed by atoms with Gasteiger partial charge in [0.15, 0.2) is 5.58 Å². The highest BCUT2D eigenvalue weighted by Crippen LogP contribution is 2.20. The minimum Gasteiger partial charge on any atom is -0.478 e. The van der Waals surface area contributed by atoms with Crippen LogP contribution in [0, 0.1) is 0 Å². The molecule has 1 aromatic carbocycles. The van der Waals surface area contributed by atoms with Gasteiger partial charge in [-0.3, -0.25) is 0 Å². The van der Waals surface area contributed by atoms with E-state index in [0.717, 1.165) is 19.5 Å².